The first-order valence-electron chi connectivity index (χ1n) is 9.89. The van der Waals surface area contributed by atoms with Gasteiger partial charge in [0.1, 0.15) is 18.0 Å². The van der Waals surface area contributed by atoms with Crippen molar-refractivity contribution < 1.29 is 13.6 Å². The van der Waals surface area contributed by atoms with Crippen molar-refractivity contribution in [2.75, 3.05) is 31.5 Å². The fraction of sp³-hybridized carbons (Fsp3) is 0.476. The van der Waals surface area contributed by atoms with E-state index in [1.807, 2.05) is 12.1 Å². The summed E-state index contributed by atoms with van der Waals surface area (Å²) >= 11 is 0. The number of rotatable bonds is 4. The third-order valence-electron chi connectivity index (χ3n) is 5.68. The van der Waals surface area contributed by atoms with E-state index in [9.17, 15) is 13.6 Å². The van der Waals surface area contributed by atoms with Crippen LogP contribution >= 0.6 is 0 Å². The molecule has 0 bridgehead atoms. The predicted molar refractivity (Wildman–Crippen MR) is 105 cm³/mol. The van der Waals surface area contributed by atoms with Crippen molar-refractivity contribution in [1.82, 2.24) is 14.8 Å². The number of anilines is 1. The SMILES string of the molecule is N#C[C@@H]1C[C@H](F)CN1C(=O)CN1CCC(Nc2cnc3ccc(F)cc3c2)CC1. The van der Waals surface area contributed by atoms with Crippen LogP contribution in [0.15, 0.2) is 30.5 Å². The number of nitrogens with one attached hydrogen (secondary N) is 1. The minimum atomic E-state index is -1.11. The van der Waals surface area contributed by atoms with E-state index in [2.05, 4.69) is 15.2 Å². The second-order valence-corrected chi connectivity index (χ2v) is 7.78. The van der Waals surface area contributed by atoms with E-state index in [0.29, 0.717) is 0 Å². The van der Waals surface area contributed by atoms with E-state index in [0.717, 1.165) is 42.5 Å². The number of alkyl halides is 1. The molecule has 2 aromatic rings. The zero-order valence-electron chi connectivity index (χ0n) is 16.0. The molecule has 29 heavy (non-hydrogen) atoms. The molecule has 2 atom stereocenters. The van der Waals surface area contributed by atoms with Crippen LogP contribution in [0.3, 0.4) is 0 Å². The van der Waals surface area contributed by atoms with Crippen molar-refractivity contribution >= 4 is 22.5 Å². The molecule has 0 unspecified atom stereocenters. The summed E-state index contributed by atoms with van der Waals surface area (Å²) < 4.78 is 27.0. The lowest BCUT2D eigenvalue weighted by molar-refractivity contribution is -0.132. The second kappa shape index (κ2) is 8.29. The highest BCUT2D eigenvalue weighted by Gasteiger charge is 2.36. The number of carbonyl (C=O) groups excluding carboxylic acids is 1. The molecule has 1 amide bonds. The number of aromatic nitrogens is 1. The van der Waals surface area contributed by atoms with Crippen LogP contribution in [0.4, 0.5) is 14.5 Å². The van der Waals surface area contributed by atoms with Crippen molar-refractivity contribution in [2.24, 2.45) is 0 Å². The molecular weight excluding hydrogens is 376 g/mol. The molecule has 2 saturated heterocycles. The van der Waals surface area contributed by atoms with Gasteiger partial charge in [-0.1, -0.05) is 0 Å². The zero-order chi connectivity index (χ0) is 20.4. The first kappa shape index (κ1) is 19.5. The number of carbonyl (C=O) groups is 1. The molecule has 2 fully saturated rings. The van der Waals surface area contributed by atoms with Gasteiger partial charge < -0.3 is 10.2 Å². The van der Waals surface area contributed by atoms with Gasteiger partial charge >= 0.3 is 0 Å². The number of halogens is 2. The number of benzene rings is 1. The molecule has 4 rings (SSSR count). The van der Waals surface area contributed by atoms with Gasteiger partial charge in [0.05, 0.1) is 36.6 Å². The second-order valence-electron chi connectivity index (χ2n) is 7.78. The lowest BCUT2D eigenvalue weighted by Gasteiger charge is -2.33. The predicted octanol–water partition coefficient (Wildman–Crippen LogP) is 2.71. The zero-order valence-corrected chi connectivity index (χ0v) is 16.0. The summed E-state index contributed by atoms with van der Waals surface area (Å²) in [4.78, 5) is 20.2. The van der Waals surface area contributed by atoms with Gasteiger partial charge in [0.25, 0.3) is 0 Å². The quantitative estimate of drug-likeness (QED) is 0.856. The van der Waals surface area contributed by atoms with Crippen LogP contribution in [-0.4, -0.2) is 65.1 Å². The number of hydrogen-bond donors (Lipinski definition) is 1. The molecule has 0 spiro atoms. The van der Waals surface area contributed by atoms with Crippen molar-refractivity contribution in [3.63, 3.8) is 0 Å². The Morgan fingerprint density at radius 1 is 1.31 bits per heavy atom. The number of nitrogens with zero attached hydrogens (tertiary/aromatic N) is 4. The molecule has 8 heteroatoms. The number of piperidine rings is 1. The van der Waals surface area contributed by atoms with E-state index < -0.39 is 12.2 Å². The maximum absolute atomic E-state index is 13.5. The van der Waals surface area contributed by atoms with E-state index >= 15 is 0 Å². The minimum absolute atomic E-state index is 0.0185. The monoisotopic (exact) mass is 399 g/mol. The summed E-state index contributed by atoms with van der Waals surface area (Å²) in [5, 5.41) is 13.3. The highest BCUT2D eigenvalue weighted by Crippen LogP contribution is 2.23. The van der Waals surface area contributed by atoms with Gasteiger partial charge in [-0.25, -0.2) is 8.78 Å². The van der Waals surface area contributed by atoms with Gasteiger partial charge in [0.15, 0.2) is 0 Å². The molecule has 2 aliphatic heterocycles. The number of nitriles is 1. The summed E-state index contributed by atoms with van der Waals surface area (Å²) in [5.41, 5.74) is 1.60. The largest absolute Gasteiger partial charge is 0.381 e. The van der Waals surface area contributed by atoms with Crippen LogP contribution in [0.25, 0.3) is 10.9 Å². The number of hydrogen-bond acceptors (Lipinski definition) is 5. The minimum Gasteiger partial charge on any atom is -0.381 e. The van der Waals surface area contributed by atoms with Crippen LogP contribution in [0.5, 0.6) is 0 Å². The average molecular weight is 399 g/mol. The third kappa shape index (κ3) is 4.46. The van der Waals surface area contributed by atoms with Crippen molar-refractivity contribution in [2.45, 2.75) is 37.5 Å². The van der Waals surface area contributed by atoms with E-state index in [1.54, 1.807) is 12.3 Å². The number of amides is 1. The molecule has 0 saturated carbocycles. The summed E-state index contributed by atoms with van der Waals surface area (Å²) in [5.74, 6) is -0.464. The Hall–Kier alpha value is -2.79. The van der Waals surface area contributed by atoms with Crippen molar-refractivity contribution in [3.8, 4) is 6.07 Å². The molecule has 1 aromatic carbocycles. The Morgan fingerprint density at radius 2 is 2.10 bits per heavy atom. The number of likely N-dealkylation sites (tertiary alicyclic amines) is 2. The summed E-state index contributed by atoms with van der Waals surface area (Å²) in [6, 6.07) is 8.03. The van der Waals surface area contributed by atoms with Crippen LogP contribution in [0.1, 0.15) is 19.3 Å². The smallest absolute Gasteiger partial charge is 0.237 e. The van der Waals surface area contributed by atoms with Crippen LogP contribution in [-0.2, 0) is 4.79 Å². The molecule has 152 valence electrons. The van der Waals surface area contributed by atoms with Gasteiger partial charge in [0, 0.05) is 30.9 Å². The summed E-state index contributed by atoms with van der Waals surface area (Å²) in [6.45, 7) is 1.71. The van der Waals surface area contributed by atoms with Gasteiger partial charge in [-0.2, -0.15) is 5.26 Å². The van der Waals surface area contributed by atoms with E-state index in [1.165, 1.54) is 17.0 Å². The molecule has 2 aliphatic rings. The Balaban J connectivity index is 1.29. The molecule has 0 radical (unpaired) electrons. The topological polar surface area (TPSA) is 72.3 Å². The third-order valence-corrected chi connectivity index (χ3v) is 5.68. The van der Waals surface area contributed by atoms with E-state index in [-0.39, 0.29) is 37.3 Å². The molecule has 3 heterocycles. The summed E-state index contributed by atoms with van der Waals surface area (Å²) in [6.07, 6.45) is 2.45. The average Bonchev–Trinajstić information content (AvgIpc) is 3.10. The molecule has 1 aromatic heterocycles. The molecule has 6 nitrogen and oxygen atoms in total. The first-order chi connectivity index (χ1) is 14.0. The van der Waals surface area contributed by atoms with Crippen molar-refractivity contribution in [3.05, 3.63) is 36.3 Å². The Labute approximate surface area is 168 Å². The van der Waals surface area contributed by atoms with Gasteiger partial charge in [-0.3, -0.25) is 14.7 Å². The standard InChI is InChI=1S/C21H23F2N5O/c22-15-1-2-20-14(7-15)8-18(11-25-20)26-17-3-5-27(6-4-17)13-21(29)28-12-16(23)9-19(28)10-24/h1-2,7-8,11,16-17,19,26H,3-6,9,12-13H2/t16-,19-/m0/s1. The Bertz CT molecular complexity index is 938. The number of fused-ring (bicyclic) bond motifs is 1. The highest BCUT2D eigenvalue weighted by atomic mass is 19.1. The normalized spacial score (nSPS) is 23.3. The lowest BCUT2D eigenvalue weighted by Crippen LogP contribution is -2.46. The van der Waals surface area contributed by atoms with Gasteiger partial charge in [-0.15, -0.1) is 0 Å². The van der Waals surface area contributed by atoms with Crippen LogP contribution in [0, 0.1) is 17.1 Å². The number of pyridine rings is 1. The Kier molecular flexibility index (Phi) is 5.58. The van der Waals surface area contributed by atoms with Crippen LogP contribution in [0.2, 0.25) is 0 Å². The van der Waals surface area contributed by atoms with Crippen LogP contribution < -0.4 is 5.32 Å². The fourth-order valence-corrected chi connectivity index (χ4v) is 4.12. The van der Waals surface area contributed by atoms with E-state index in [4.69, 9.17) is 5.26 Å². The van der Waals surface area contributed by atoms with Gasteiger partial charge in [0.2, 0.25) is 5.91 Å². The Morgan fingerprint density at radius 3 is 2.86 bits per heavy atom. The molecule has 0 aliphatic carbocycles. The maximum Gasteiger partial charge on any atom is 0.237 e. The van der Waals surface area contributed by atoms with Crippen molar-refractivity contribution in [1.29, 1.82) is 5.26 Å². The fourth-order valence-electron chi connectivity index (χ4n) is 4.12. The first-order valence-corrected chi connectivity index (χ1v) is 9.89. The summed E-state index contributed by atoms with van der Waals surface area (Å²) in [7, 11) is 0. The van der Waals surface area contributed by atoms with Gasteiger partial charge in [-0.05, 0) is 37.1 Å². The lowest BCUT2D eigenvalue weighted by atomic mass is 10.0. The molecular formula is C21H23F2N5O. The molecule has 1 N–H and O–H groups in total. The maximum atomic E-state index is 13.5. The highest BCUT2D eigenvalue weighted by molar-refractivity contribution is 5.81.